The Hall–Kier alpha value is -0.790. The lowest BCUT2D eigenvalue weighted by Crippen LogP contribution is -2.21. The van der Waals surface area contributed by atoms with Gasteiger partial charge in [0, 0.05) is 11.1 Å². The lowest BCUT2D eigenvalue weighted by atomic mass is 10.0. The van der Waals surface area contributed by atoms with Crippen molar-refractivity contribution in [3.05, 3.63) is 47.5 Å². The molecule has 82 valence electrons. The van der Waals surface area contributed by atoms with Gasteiger partial charge in [-0.25, -0.2) is 0 Å². The lowest BCUT2D eigenvalue weighted by Gasteiger charge is -2.16. The van der Waals surface area contributed by atoms with Crippen LogP contribution in [0.15, 0.2) is 36.9 Å². The minimum atomic E-state index is 0.419. The molecule has 15 heavy (non-hydrogen) atoms. The number of benzene rings is 1. The predicted octanol–water partition coefficient (Wildman–Crippen LogP) is 3.96. The van der Waals surface area contributed by atoms with Gasteiger partial charge in [-0.1, -0.05) is 36.7 Å². The van der Waals surface area contributed by atoms with Crippen LogP contribution in [0.3, 0.4) is 0 Å². The quantitative estimate of drug-likeness (QED) is 0.569. The molecular formula is C13H18ClN. The van der Waals surface area contributed by atoms with Crippen LogP contribution in [0.5, 0.6) is 0 Å². The zero-order valence-corrected chi connectivity index (χ0v) is 9.93. The smallest absolute Gasteiger partial charge is 0.0406 e. The molecule has 0 bridgehead atoms. The normalized spacial score (nSPS) is 12.4. The molecule has 1 rings (SSSR count). The topological polar surface area (TPSA) is 12.0 Å². The van der Waals surface area contributed by atoms with E-state index < -0.39 is 0 Å². The Morgan fingerprint density at radius 2 is 2.07 bits per heavy atom. The summed E-state index contributed by atoms with van der Waals surface area (Å²) in [5.41, 5.74) is 1.30. The van der Waals surface area contributed by atoms with Crippen molar-refractivity contribution in [1.82, 2.24) is 5.32 Å². The van der Waals surface area contributed by atoms with Crippen molar-refractivity contribution in [3.8, 4) is 0 Å². The van der Waals surface area contributed by atoms with Crippen LogP contribution in [-0.2, 0) is 0 Å². The van der Waals surface area contributed by atoms with E-state index in [0.29, 0.717) is 6.04 Å². The molecule has 0 fully saturated rings. The Bertz CT molecular complexity index is 292. The summed E-state index contributed by atoms with van der Waals surface area (Å²) in [5, 5.41) is 4.28. The molecule has 1 aromatic rings. The monoisotopic (exact) mass is 223 g/mol. The molecule has 0 heterocycles. The highest BCUT2D eigenvalue weighted by molar-refractivity contribution is 6.30. The third-order valence-corrected chi connectivity index (χ3v) is 2.67. The number of nitrogens with one attached hydrogen (secondary N) is 1. The minimum absolute atomic E-state index is 0.419. The fourth-order valence-corrected chi connectivity index (χ4v) is 1.68. The fraction of sp³-hybridized carbons (Fsp3) is 0.385. The highest BCUT2D eigenvalue weighted by Crippen LogP contribution is 2.18. The van der Waals surface area contributed by atoms with E-state index in [-0.39, 0.29) is 0 Å². The van der Waals surface area contributed by atoms with Gasteiger partial charge in [-0.3, -0.25) is 0 Å². The van der Waals surface area contributed by atoms with Crippen LogP contribution in [0.4, 0.5) is 0 Å². The summed E-state index contributed by atoms with van der Waals surface area (Å²) < 4.78 is 0. The molecule has 1 unspecified atom stereocenters. The van der Waals surface area contributed by atoms with Crippen LogP contribution < -0.4 is 5.32 Å². The van der Waals surface area contributed by atoms with Crippen molar-refractivity contribution in [2.45, 2.75) is 25.8 Å². The van der Waals surface area contributed by atoms with Crippen molar-refractivity contribution >= 4 is 11.6 Å². The molecule has 0 aliphatic rings. The molecule has 0 aliphatic carbocycles. The molecule has 0 amide bonds. The van der Waals surface area contributed by atoms with E-state index >= 15 is 0 Å². The van der Waals surface area contributed by atoms with Gasteiger partial charge in [-0.15, -0.1) is 6.58 Å². The number of rotatable bonds is 6. The molecule has 0 saturated carbocycles. The first kappa shape index (κ1) is 12.3. The maximum absolute atomic E-state index is 5.85. The molecule has 0 spiro atoms. The summed E-state index contributed by atoms with van der Waals surface area (Å²) >= 11 is 5.85. The van der Waals surface area contributed by atoms with E-state index in [4.69, 9.17) is 11.6 Å². The summed E-state index contributed by atoms with van der Waals surface area (Å²) in [4.78, 5) is 0. The Morgan fingerprint density at radius 1 is 1.40 bits per heavy atom. The van der Waals surface area contributed by atoms with Gasteiger partial charge in [-0.2, -0.15) is 0 Å². The molecule has 0 aromatic heterocycles. The summed E-state index contributed by atoms with van der Waals surface area (Å²) in [6, 6.07) is 8.46. The highest BCUT2D eigenvalue weighted by Gasteiger charge is 2.06. The first-order chi connectivity index (χ1) is 7.27. The SMILES string of the molecule is C=CCCNC(CC)c1ccc(Cl)cc1. The summed E-state index contributed by atoms with van der Waals surface area (Å²) in [6.07, 6.45) is 4.02. The van der Waals surface area contributed by atoms with Gasteiger partial charge >= 0.3 is 0 Å². The minimum Gasteiger partial charge on any atom is -0.310 e. The van der Waals surface area contributed by atoms with Crippen LogP contribution in [0.1, 0.15) is 31.4 Å². The zero-order chi connectivity index (χ0) is 11.1. The average Bonchev–Trinajstić information content (AvgIpc) is 2.26. The lowest BCUT2D eigenvalue weighted by molar-refractivity contribution is 0.525. The summed E-state index contributed by atoms with van der Waals surface area (Å²) in [5.74, 6) is 0. The highest BCUT2D eigenvalue weighted by atomic mass is 35.5. The van der Waals surface area contributed by atoms with E-state index in [1.165, 1.54) is 5.56 Å². The maximum atomic E-state index is 5.85. The van der Waals surface area contributed by atoms with E-state index in [1.54, 1.807) is 0 Å². The van der Waals surface area contributed by atoms with Gasteiger partial charge in [0.25, 0.3) is 0 Å². The molecule has 0 aliphatic heterocycles. The molecule has 1 aromatic carbocycles. The number of hydrogen-bond donors (Lipinski definition) is 1. The molecular weight excluding hydrogens is 206 g/mol. The van der Waals surface area contributed by atoms with E-state index in [2.05, 4.69) is 31.0 Å². The Balaban J connectivity index is 2.57. The van der Waals surface area contributed by atoms with E-state index in [1.807, 2.05) is 18.2 Å². The standard InChI is InChI=1S/C13H18ClN/c1-3-5-10-15-13(4-2)11-6-8-12(14)9-7-11/h3,6-9,13,15H,1,4-5,10H2,2H3. The predicted molar refractivity (Wildman–Crippen MR) is 67.3 cm³/mol. The zero-order valence-electron chi connectivity index (χ0n) is 9.17. The van der Waals surface area contributed by atoms with Gasteiger partial charge in [-0.05, 0) is 37.1 Å². The van der Waals surface area contributed by atoms with Crippen LogP contribution in [0, 0.1) is 0 Å². The second kappa shape index (κ2) is 6.65. The van der Waals surface area contributed by atoms with Gasteiger partial charge < -0.3 is 5.32 Å². The number of halogens is 1. The van der Waals surface area contributed by atoms with Crippen molar-refractivity contribution in [1.29, 1.82) is 0 Å². The van der Waals surface area contributed by atoms with Gasteiger partial charge in [0.05, 0.1) is 0 Å². The molecule has 0 radical (unpaired) electrons. The van der Waals surface area contributed by atoms with Gasteiger partial charge in [0.15, 0.2) is 0 Å². The molecule has 1 nitrogen and oxygen atoms in total. The molecule has 1 atom stereocenters. The van der Waals surface area contributed by atoms with Crippen LogP contribution in [0.25, 0.3) is 0 Å². The van der Waals surface area contributed by atoms with Gasteiger partial charge in [0.2, 0.25) is 0 Å². The van der Waals surface area contributed by atoms with E-state index in [0.717, 1.165) is 24.4 Å². The fourth-order valence-electron chi connectivity index (χ4n) is 1.55. The van der Waals surface area contributed by atoms with Crippen LogP contribution >= 0.6 is 11.6 Å². The Kier molecular flexibility index (Phi) is 5.44. The van der Waals surface area contributed by atoms with Crippen LogP contribution in [0.2, 0.25) is 5.02 Å². The summed E-state index contributed by atoms with van der Waals surface area (Å²) in [7, 11) is 0. The second-order valence-electron chi connectivity index (χ2n) is 3.54. The first-order valence-electron chi connectivity index (χ1n) is 5.37. The number of hydrogen-bond acceptors (Lipinski definition) is 1. The molecule has 2 heteroatoms. The Morgan fingerprint density at radius 3 is 2.60 bits per heavy atom. The third kappa shape index (κ3) is 4.06. The summed E-state index contributed by atoms with van der Waals surface area (Å²) in [6.45, 7) is 6.87. The molecule has 1 N–H and O–H groups in total. The van der Waals surface area contributed by atoms with Crippen molar-refractivity contribution in [2.75, 3.05) is 6.54 Å². The van der Waals surface area contributed by atoms with Crippen molar-refractivity contribution in [3.63, 3.8) is 0 Å². The first-order valence-corrected chi connectivity index (χ1v) is 5.75. The maximum Gasteiger partial charge on any atom is 0.0406 e. The van der Waals surface area contributed by atoms with E-state index in [9.17, 15) is 0 Å². The largest absolute Gasteiger partial charge is 0.310 e. The average molecular weight is 224 g/mol. The molecule has 0 saturated heterocycles. The van der Waals surface area contributed by atoms with Crippen LogP contribution in [-0.4, -0.2) is 6.54 Å². The van der Waals surface area contributed by atoms with Crippen molar-refractivity contribution < 1.29 is 0 Å². The Labute approximate surface area is 97.1 Å². The second-order valence-corrected chi connectivity index (χ2v) is 3.98. The van der Waals surface area contributed by atoms with Crippen molar-refractivity contribution in [2.24, 2.45) is 0 Å². The third-order valence-electron chi connectivity index (χ3n) is 2.42. The van der Waals surface area contributed by atoms with Gasteiger partial charge in [0.1, 0.15) is 0 Å².